The Hall–Kier alpha value is -1.07. The van der Waals surface area contributed by atoms with Crippen molar-refractivity contribution in [3.63, 3.8) is 0 Å². The summed E-state index contributed by atoms with van der Waals surface area (Å²) in [6.07, 6.45) is 4.68. The van der Waals surface area contributed by atoms with E-state index in [2.05, 4.69) is 4.90 Å². The molecule has 2 nitrogen and oxygen atoms in total. The minimum absolute atomic E-state index is 0.148. The molecule has 2 rings (SSSR count). The maximum Gasteiger partial charge on any atom is 0.161 e. The first kappa shape index (κ1) is 15.3. The number of rotatable bonds is 5. The largest absolute Gasteiger partial charge is 0.327 e. The van der Waals surface area contributed by atoms with Crippen molar-refractivity contribution in [2.75, 3.05) is 19.6 Å². The Morgan fingerprint density at radius 3 is 2.35 bits per heavy atom. The van der Waals surface area contributed by atoms with Crippen LogP contribution in [0.3, 0.4) is 0 Å². The molecule has 2 N–H and O–H groups in total. The predicted molar refractivity (Wildman–Crippen MR) is 72.9 cm³/mol. The molecule has 0 aliphatic carbocycles. The van der Waals surface area contributed by atoms with Crippen LogP contribution in [0.2, 0.25) is 0 Å². The van der Waals surface area contributed by atoms with E-state index in [1.54, 1.807) is 0 Å². The molecular formula is C15H21F3N2. The fourth-order valence-electron chi connectivity index (χ4n) is 2.64. The zero-order valence-corrected chi connectivity index (χ0v) is 11.5. The van der Waals surface area contributed by atoms with Crippen LogP contribution in [0.1, 0.15) is 31.2 Å². The van der Waals surface area contributed by atoms with Crippen molar-refractivity contribution in [2.24, 2.45) is 5.73 Å². The average Bonchev–Trinajstić information content (AvgIpc) is 2.44. The van der Waals surface area contributed by atoms with Gasteiger partial charge >= 0.3 is 0 Å². The lowest BCUT2D eigenvalue weighted by Crippen LogP contribution is -2.35. The molecule has 112 valence electrons. The van der Waals surface area contributed by atoms with Crippen LogP contribution < -0.4 is 5.73 Å². The highest BCUT2D eigenvalue weighted by Crippen LogP contribution is 2.16. The number of nitrogens with zero attached hydrogens (tertiary/aromatic N) is 1. The molecular weight excluding hydrogens is 265 g/mol. The summed E-state index contributed by atoms with van der Waals surface area (Å²) < 4.78 is 39.4. The highest BCUT2D eigenvalue weighted by atomic mass is 19.2. The monoisotopic (exact) mass is 286 g/mol. The summed E-state index contributed by atoms with van der Waals surface area (Å²) in [6, 6.07) is 1.25. The predicted octanol–water partition coefficient (Wildman–Crippen LogP) is 2.85. The number of hydrogen-bond acceptors (Lipinski definition) is 2. The molecule has 0 unspecified atom stereocenters. The molecule has 20 heavy (non-hydrogen) atoms. The first-order valence-corrected chi connectivity index (χ1v) is 7.17. The Bertz CT molecular complexity index is 445. The minimum Gasteiger partial charge on any atom is -0.327 e. The quantitative estimate of drug-likeness (QED) is 0.843. The second-order valence-electron chi connectivity index (χ2n) is 5.51. The van der Waals surface area contributed by atoms with Gasteiger partial charge in [-0.1, -0.05) is 6.42 Å². The van der Waals surface area contributed by atoms with Crippen molar-refractivity contribution in [3.8, 4) is 0 Å². The minimum atomic E-state index is -1.16. The van der Waals surface area contributed by atoms with Gasteiger partial charge in [-0.25, -0.2) is 13.2 Å². The van der Waals surface area contributed by atoms with E-state index in [4.69, 9.17) is 5.73 Å². The normalized spacial score (nSPS) is 18.2. The summed E-state index contributed by atoms with van der Waals surface area (Å²) in [5, 5.41) is 0. The number of piperidine rings is 1. The van der Waals surface area contributed by atoms with Crippen molar-refractivity contribution in [1.82, 2.24) is 4.90 Å². The molecule has 0 radical (unpaired) electrons. The first-order chi connectivity index (χ1) is 9.56. The summed E-state index contributed by atoms with van der Waals surface area (Å²) in [5.74, 6) is -2.91. The van der Waals surface area contributed by atoms with Gasteiger partial charge in [0.05, 0.1) is 0 Å². The van der Waals surface area contributed by atoms with Crippen LogP contribution in [-0.4, -0.2) is 30.6 Å². The van der Waals surface area contributed by atoms with E-state index < -0.39 is 17.5 Å². The van der Waals surface area contributed by atoms with Crippen molar-refractivity contribution < 1.29 is 13.2 Å². The van der Waals surface area contributed by atoms with E-state index in [1.165, 1.54) is 19.3 Å². The Labute approximate surface area is 117 Å². The first-order valence-electron chi connectivity index (χ1n) is 7.17. The van der Waals surface area contributed by atoms with E-state index in [0.29, 0.717) is 6.07 Å². The van der Waals surface area contributed by atoms with Crippen molar-refractivity contribution >= 4 is 0 Å². The lowest BCUT2D eigenvalue weighted by atomic mass is 10.0. The summed E-state index contributed by atoms with van der Waals surface area (Å²) in [6.45, 7) is 3.06. The summed E-state index contributed by atoms with van der Waals surface area (Å²) in [4.78, 5) is 2.35. The average molecular weight is 286 g/mol. The molecule has 0 spiro atoms. The molecule has 5 heteroatoms. The van der Waals surface area contributed by atoms with Gasteiger partial charge in [0.1, 0.15) is 5.82 Å². The lowest BCUT2D eigenvalue weighted by molar-refractivity contribution is 0.221. The topological polar surface area (TPSA) is 29.3 Å². The molecule has 1 saturated heterocycles. The maximum atomic E-state index is 13.5. The van der Waals surface area contributed by atoms with Crippen LogP contribution in [0.25, 0.3) is 0 Å². The van der Waals surface area contributed by atoms with Crippen LogP contribution >= 0.6 is 0 Å². The molecule has 0 bridgehead atoms. The van der Waals surface area contributed by atoms with Crippen molar-refractivity contribution in [3.05, 3.63) is 35.1 Å². The molecule has 1 aromatic rings. The van der Waals surface area contributed by atoms with Gasteiger partial charge in [-0.15, -0.1) is 0 Å². The summed E-state index contributed by atoms with van der Waals surface area (Å²) in [5.41, 5.74) is 6.12. The third kappa shape index (κ3) is 4.21. The Kier molecular flexibility index (Phi) is 5.43. The van der Waals surface area contributed by atoms with Crippen LogP contribution in [0, 0.1) is 17.5 Å². The molecule has 1 fully saturated rings. The number of halogens is 3. The van der Waals surface area contributed by atoms with E-state index in [-0.39, 0.29) is 18.0 Å². The van der Waals surface area contributed by atoms with E-state index in [9.17, 15) is 13.2 Å². The van der Waals surface area contributed by atoms with Gasteiger partial charge in [0.25, 0.3) is 0 Å². The number of hydrogen-bond donors (Lipinski definition) is 1. The molecule has 1 aliphatic heterocycles. The fourth-order valence-corrected chi connectivity index (χ4v) is 2.64. The highest BCUT2D eigenvalue weighted by Gasteiger charge is 2.15. The van der Waals surface area contributed by atoms with Crippen molar-refractivity contribution in [1.29, 1.82) is 0 Å². The van der Waals surface area contributed by atoms with Gasteiger partial charge in [0.15, 0.2) is 11.6 Å². The second kappa shape index (κ2) is 7.09. The van der Waals surface area contributed by atoms with Gasteiger partial charge in [0.2, 0.25) is 0 Å². The zero-order chi connectivity index (χ0) is 14.5. The molecule has 1 aliphatic rings. The van der Waals surface area contributed by atoms with Gasteiger partial charge in [0, 0.05) is 12.1 Å². The Balaban J connectivity index is 1.84. The van der Waals surface area contributed by atoms with E-state index in [1.807, 2.05) is 0 Å². The van der Waals surface area contributed by atoms with Crippen LogP contribution in [0.4, 0.5) is 13.2 Å². The maximum absolute atomic E-state index is 13.5. The molecule has 0 aromatic heterocycles. The molecule has 0 saturated carbocycles. The second-order valence-corrected chi connectivity index (χ2v) is 5.51. The van der Waals surface area contributed by atoms with Crippen molar-refractivity contribution in [2.45, 2.75) is 38.1 Å². The smallest absolute Gasteiger partial charge is 0.161 e. The zero-order valence-electron chi connectivity index (χ0n) is 11.5. The lowest BCUT2D eigenvalue weighted by Gasteiger charge is -2.27. The molecule has 1 aromatic carbocycles. The third-order valence-electron chi connectivity index (χ3n) is 3.84. The SMILES string of the molecule is N[C@@H](CCN1CCCCC1)Cc1cc(F)c(F)cc1F. The van der Waals surface area contributed by atoms with Crippen LogP contribution in [0.5, 0.6) is 0 Å². The molecule has 0 amide bonds. The fraction of sp³-hybridized carbons (Fsp3) is 0.600. The standard InChI is InChI=1S/C15H21F3N2/c16-13-10-15(18)14(17)9-11(13)8-12(19)4-7-20-5-2-1-3-6-20/h9-10,12H,1-8,19H2/t12-/m0/s1. The van der Waals surface area contributed by atoms with Crippen LogP contribution in [0.15, 0.2) is 12.1 Å². The summed E-state index contributed by atoms with van der Waals surface area (Å²) >= 11 is 0. The number of likely N-dealkylation sites (tertiary alicyclic amines) is 1. The van der Waals surface area contributed by atoms with Gasteiger partial charge < -0.3 is 10.6 Å². The van der Waals surface area contributed by atoms with Gasteiger partial charge in [-0.05, 0) is 56.9 Å². The summed E-state index contributed by atoms with van der Waals surface area (Å²) in [7, 11) is 0. The highest BCUT2D eigenvalue weighted by molar-refractivity contribution is 5.21. The van der Waals surface area contributed by atoms with Gasteiger partial charge in [-0.3, -0.25) is 0 Å². The van der Waals surface area contributed by atoms with E-state index in [0.717, 1.165) is 32.1 Å². The molecule has 1 heterocycles. The molecule has 1 atom stereocenters. The third-order valence-corrected chi connectivity index (χ3v) is 3.84. The van der Waals surface area contributed by atoms with Crippen LogP contribution in [-0.2, 0) is 6.42 Å². The Morgan fingerprint density at radius 1 is 1.00 bits per heavy atom. The Morgan fingerprint density at radius 2 is 1.65 bits per heavy atom. The number of benzene rings is 1. The number of nitrogens with two attached hydrogens (primary N) is 1. The van der Waals surface area contributed by atoms with E-state index >= 15 is 0 Å². The van der Waals surface area contributed by atoms with Gasteiger partial charge in [-0.2, -0.15) is 0 Å².